The highest BCUT2D eigenvalue weighted by Crippen LogP contribution is 2.33. The lowest BCUT2D eigenvalue weighted by Crippen LogP contribution is -2.23. The van der Waals surface area contributed by atoms with Crippen LogP contribution in [0.15, 0.2) is 65.5 Å². The van der Waals surface area contributed by atoms with Gasteiger partial charge >= 0.3 is 6.18 Å². The molecule has 0 unspecified atom stereocenters. The summed E-state index contributed by atoms with van der Waals surface area (Å²) in [4.78, 5) is 12.4. The predicted octanol–water partition coefficient (Wildman–Crippen LogP) is 6.11. The van der Waals surface area contributed by atoms with Crippen LogP contribution in [0.3, 0.4) is 0 Å². The number of aromatic nitrogens is 3. The summed E-state index contributed by atoms with van der Waals surface area (Å²) in [5.74, 6) is 0. The second-order valence-electron chi connectivity index (χ2n) is 6.64. The van der Waals surface area contributed by atoms with E-state index in [1.54, 1.807) is 59.3 Å². The topological polar surface area (TPSA) is 39.8 Å². The maximum atomic E-state index is 12.8. The Balaban J connectivity index is 2.02. The molecule has 0 spiro atoms. The van der Waals surface area contributed by atoms with Gasteiger partial charge in [0.1, 0.15) is 0 Å². The molecular weight excluding hydrogens is 438 g/mol. The van der Waals surface area contributed by atoms with Gasteiger partial charge in [-0.05, 0) is 30.3 Å². The van der Waals surface area contributed by atoms with Crippen LogP contribution in [0.2, 0.25) is 10.0 Å². The molecule has 9 heteroatoms. The first-order chi connectivity index (χ1) is 14.2. The van der Waals surface area contributed by atoms with Crippen LogP contribution in [0, 0.1) is 0 Å². The summed E-state index contributed by atoms with van der Waals surface area (Å²) in [6, 6.07) is 16.7. The van der Waals surface area contributed by atoms with Crippen molar-refractivity contribution in [1.82, 2.24) is 14.3 Å². The first-order valence-electron chi connectivity index (χ1n) is 8.95. The molecule has 0 saturated heterocycles. The minimum absolute atomic E-state index is 0.150. The van der Waals surface area contributed by atoms with Gasteiger partial charge in [-0.2, -0.15) is 13.2 Å². The van der Waals surface area contributed by atoms with Crippen LogP contribution in [0.25, 0.3) is 28.0 Å². The molecule has 2 aromatic carbocycles. The van der Waals surface area contributed by atoms with E-state index in [4.69, 9.17) is 23.2 Å². The van der Waals surface area contributed by atoms with Crippen molar-refractivity contribution in [3.8, 4) is 16.9 Å². The fraction of sp³-hybridized carbons (Fsp3) is 0.143. The molecule has 4 aromatic rings. The number of pyridine rings is 1. The monoisotopic (exact) mass is 451 g/mol. The maximum Gasteiger partial charge on any atom is 0.390 e. The van der Waals surface area contributed by atoms with Crippen LogP contribution in [0.5, 0.6) is 0 Å². The zero-order valence-electron chi connectivity index (χ0n) is 15.3. The van der Waals surface area contributed by atoms with E-state index in [0.717, 1.165) is 10.1 Å². The van der Waals surface area contributed by atoms with Gasteiger partial charge in [0, 0.05) is 28.6 Å². The van der Waals surface area contributed by atoms with Gasteiger partial charge < -0.3 is 0 Å². The molecule has 0 fully saturated rings. The number of para-hydroxylation sites is 1. The molecule has 4 rings (SSSR count). The van der Waals surface area contributed by atoms with Crippen molar-refractivity contribution in [3.05, 3.63) is 81.1 Å². The van der Waals surface area contributed by atoms with Crippen molar-refractivity contribution in [3.63, 3.8) is 0 Å². The minimum atomic E-state index is -4.40. The number of aryl methyl sites for hydroxylation is 1. The molecule has 0 saturated carbocycles. The SMILES string of the molecule is O=c1ccc2c(-c3ccc(Cl)cc3)n(-c3ccccc3Cl)nc2n1CCC(F)(F)F. The Bertz CT molecular complexity index is 1280. The van der Waals surface area contributed by atoms with E-state index < -0.39 is 24.7 Å². The van der Waals surface area contributed by atoms with E-state index >= 15 is 0 Å². The number of alkyl halides is 3. The molecule has 4 nitrogen and oxygen atoms in total. The summed E-state index contributed by atoms with van der Waals surface area (Å²) in [6.07, 6.45) is -5.53. The van der Waals surface area contributed by atoms with Crippen LogP contribution in [-0.4, -0.2) is 20.5 Å². The average molecular weight is 452 g/mol. The van der Waals surface area contributed by atoms with Crippen LogP contribution in [0.4, 0.5) is 13.2 Å². The minimum Gasteiger partial charge on any atom is -0.291 e. The molecule has 0 bridgehead atoms. The largest absolute Gasteiger partial charge is 0.390 e. The third-order valence-electron chi connectivity index (χ3n) is 4.63. The molecule has 0 N–H and O–H groups in total. The van der Waals surface area contributed by atoms with Gasteiger partial charge in [-0.25, -0.2) is 4.68 Å². The van der Waals surface area contributed by atoms with Gasteiger partial charge in [0.2, 0.25) is 0 Å². The van der Waals surface area contributed by atoms with Crippen molar-refractivity contribution < 1.29 is 13.2 Å². The molecule has 0 aliphatic carbocycles. The Morgan fingerprint density at radius 1 is 0.933 bits per heavy atom. The summed E-state index contributed by atoms with van der Waals surface area (Å²) in [7, 11) is 0. The standard InChI is InChI=1S/C21H14Cl2F3N3O/c22-14-7-5-13(6-8-14)19-15-9-10-18(30)28(12-11-21(24,25)26)20(15)27-29(19)17-4-2-1-3-16(17)23/h1-10H,11-12H2. The second kappa shape index (κ2) is 7.81. The fourth-order valence-corrected chi connectivity index (χ4v) is 3.60. The van der Waals surface area contributed by atoms with E-state index in [-0.39, 0.29) is 5.65 Å². The summed E-state index contributed by atoms with van der Waals surface area (Å²) >= 11 is 12.4. The lowest BCUT2D eigenvalue weighted by atomic mass is 10.1. The fourth-order valence-electron chi connectivity index (χ4n) is 3.26. The predicted molar refractivity (Wildman–Crippen MR) is 111 cm³/mol. The van der Waals surface area contributed by atoms with Crippen molar-refractivity contribution in [2.24, 2.45) is 0 Å². The third-order valence-corrected chi connectivity index (χ3v) is 5.21. The molecule has 0 amide bonds. The molecule has 2 heterocycles. The Morgan fingerprint density at radius 3 is 2.30 bits per heavy atom. The molecular formula is C21H14Cl2F3N3O. The van der Waals surface area contributed by atoms with Crippen LogP contribution in [-0.2, 0) is 6.54 Å². The maximum absolute atomic E-state index is 12.8. The number of rotatable bonds is 4. The number of hydrogen-bond donors (Lipinski definition) is 0. The first-order valence-corrected chi connectivity index (χ1v) is 9.70. The van der Waals surface area contributed by atoms with Gasteiger partial charge in [0.05, 0.1) is 22.8 Å². The van der Waals surface area contributed by atoms with Gasteiger partial charge in [-0.15, -0.1) is 5.10 Å². The highest BCUT2D eigenvalue weighted by molar-refractivity contribution is 6.32. The smallest absolute Gasteiger partial charge is 0.291 e. The highest BCUT2D eigenvalue weighted by Gasteiger charge is 2.28. The van der Waals surface area contributed by atoms with Gasteiger partial charge in [-0.1, -0.05) is 47.5 Å². The number of halogens is 5. The van der Waals surface area contributed by atoms with E-state index in [2.05, 4.69) is 5.10 Å². The van der Waals surface area contributed by atoms with E-state index in [9.17, 15) is 18.0 Å². The number of benzene rings is 2. The Hall–Kier alpha value is -2.77. The molecule has 2 aromatic heterocycles. The normalized spacial score (nSPS) is 11.9. The average Bonchev–Trinajstić information content (AvgIpc) is 3.07. The number of hydrogen-bond acceptors (Lipinski definition) is 2. The van der Waals surface area contributed by atoms with Gasteiger partial charge in [0.15, 0.2) is 5.65 Å². The van der Waals surface area contributed by atoms with E-state index in [1.165, 1.54) is 6.07 Å². The van der Waals surface area contributed by atoms with Crippen LogP contribution in [0.1, 0.15) is 6.42 Å². The Kier molecular flexibility index (Phi) is 5.34. The number of fused-ring (bicyclic) bond motifs is 1. The summed E-state index contributed by atoms with van der Waals surface area (Å²) < 4.78 is 41.0. The first kappa shape index (κ1) is 20.5. The molecule has 0 aliphatic rings. The van der Waals surface area contributed by atoms with Crippen molar-refractivity contribution in [2.45, 2.75) is 19.1 Å². The van der Waals surface area contributed by atoms with Crippen molar-refractivity contribution in [1.29, 1.82) is 0 Å². The zero-order chi connectivity index (χ0) is 21.5. The molecule has 30 heavy (non-hydrogen) atoms. The highest BCUT2D eigenvalue weighted by atomic mass is 35.5. The lowest BCUT2D eigenvalue weighted by molar-refractivity contribution is -0.136. The summed E-state index contributed by atoms with van der Waals surface area (Å²) in [5, 5.41) is 5.97. The van der Waals surface area contributed by atoms with Crippen LogP contribution < -0.4 is 5.56 Å². The second-order valence-corrected chi connectivity index (χ2v) is 7.49. The third kappa shape index (κ3) is 3.95. The molecule has 154 valence electrons. The molecule has 0 atom stereocenters. The van der Waals surface area contributed by atoms with E-state index in [0.29, 0.717) is 26.8 Å². The Labute approximate surface area is 179 Å². The van der Waals surface area contributed by atoms with Crippen molar-refractivity contribution >= 4 is 34.2 Å². The van der Waals surface area contributed by atoms with Gasteiger partial charge in [-0.3, -0.25) is 9.36 Å². The quantitative estimate of drug-likeness (QED) is 0.375. The number of nitrogens with zero attached hydrogens (tertiary/aromatic N) is 3. The molecule has 0 radical (unpaired) electrons. The van der Waals surface area contributed by atoms with Gasteiger partial charge in [0.25, 0.3) is 5.56 Å². The Morgan fingerprint density at radius 2 is 1.63 bits per heavy atom. The van der Waals surface area contributed by atoms with E-state index in [1.807, 2.05) is 0 Å². The lowest BCUT2D eigenvalue weighted by Gasteiger charge is -2.09. The molecule has 0 aliphatic heterocycles. The van der Waals surface area contributed by atoms with Crippen molar-refractivity contribution in [2.75, 3.05) is 0 Å². The zero-order valence-corrected chi connectivity index (χ0v) is 16.8. The summed E-state index contributed by atoms with van der Waals surface area (Å²) in [5.41, 5.74) is 1.45. The summed E-state index contributed by atoms with van der Waals surface area (Å²) in [6.45, 7) is -0.529. The van der Waals surface area contributed by atoms with Crippen LogP contribution >= 0.6 is 23.2 Å².